The van der Waals surface area contributed by atoms with Crippen LogP contribution in [0.5, 0.6) is 0 Å². The van der Waals surface area contributed by atoms with E-state index in [2.05, 4.69) is 4.74 Å². The molecular weight excluding hydrogens is 168 g/mol. The van der Waals surface area contributed by atoms with Crippen molar-refractivity contribution in [3.8, 4) is 12.1 Å². The average molecular weight is 180 g/mol. The van der Waals surface area contributed by atoms with Crippen LogP contribution in [0.4, 0.5) is 0 Å². The zero-order valence-corrected chi connectivity index (χ0v) is 8.00. The van der Waals surface area contributed by atoms with Gasteiger partial charge in [-0.15, -0.1) is 0 Å². The second kappa shape index (κ2) is 4.47. The molecule has 0 rings (SSSR count). The molecule has 0 saturated carbocycles. The molecule has 0 aromatic heterocycles. The maximum atomic E-state index is 11.3. The van der Waals surface area contributed by atoms with Crippen LogP contribution in [0.25, 0.3) is 0 Å². The SMILES string of the molecule is CCC(C)(C(=O)OC)C(C#N)C#N. The molecule has 0 aromatic carbocycles. The van der Waals surface area contributed by atoms with Gasteiger partial charge in [-0.3, -0.25) is 4.79 Å². The van der Waals surface area contributed by atoms with E-state index in [-0.39, 0.29) is 0 Å². The van der Waals surface area contributed by atoms with E-state index in [1.807, 2.05) is 0 Å². The van der Waals surface area contributed by atoms with E-state index in [9.17, 15) is 4.79 Å². The fraction of sp³-hybridized carbons (Fsp3) is 0.667. The highest BCUT2D eigenvalue weighted by molar-refractivity contribution is 5.77. The number of carbonyl (C=O) groups excluding carboxylic acids is 1. The Morgan fingerprint density at radius 1 is 1.54 bits per heavy atom. The summed E-state index contributed by atoms with van der Waals surface area (Å²) in [5, 5.41) is 17.3. The largest absolute Gasteiger partial charge is 0.469 e. The molecule has 0 bridgehead atoms. The van der Waals surface area contributed by atoms with Crippen LogP contribution >= 0.6 is 0 Å². The number of ether oxygens (including phenoxy) is 1. The van der Waals surface area contributed by atoms with Gasteiger partial charge >= 0.3 is 5.97 Å². The molecule has 0 fully saturated rings. The van der Waals surface area contributed by atoms with E-state index >= 15 is 0 Å². The Hall–Kier alpha value is -1.55. The molecule has 13 heavy (non-hydrogen) atoms. The molecule has 4 heteroatoms. The Morgan fingerprint density at radius 2 is 2.00 bits per heavy atom. The second-order valence-corrected chi connectivity index (χ2v) is 2.95. The lowest BCUT2D eigenvalue weighted by atomic mass is 9.76. The van der Waals surface area contributed by atoms with Crippen LogP contribution < -0.4 is 0 Å². The van der Waals surface area contributed by atoms with Gasteiger partial charge in [-0.1, -0.05) is 6.92 Å². The zero-order chi connectivity index (χ0) is 10.5. The number of nitrogens with zero attached hydrogens (tertiary/aromatic N) is 2. The van der Waals surface area contributed by atoms with Gasteiger partial charge in [0.2, 0.25) is 0 Å². The maximum Gasteiger partial charge on any atom is 0.313 e. The number of esters is 1. The Morgan fingerprint density at radius 3 is 2.23 bits per heavy atom. The third-order valence-corrected chi connectivity index (χ3v) is 2.28. The molecule has 0 aliphatic carbocycles. The monoisotopic (exact) mass is 180 g/mol. The summed E-state index contributed by atoms with van der Waals surface area (Å²) >= 11 is 0. The molecule has 1 atom stereocenters. The minimum Gasteiger partial charge on any atom is -0.469 e. The van der Waals surface area contributed by atoms with Crippen LogP contribution in [0, 0.1) is 34.0 Å². The van der Waals surface area contributed by atoms with E-state index in [4.69, 9.17) is 10.5 Å². The molecule has 0 aromatic rings. The number of methoxy groups -OCH3 is 1. The first-order chi connectivity index (χ1) is 6.06. The van der Waals surface area contributed by atoms with Gasteiger partial charge < -0.3 is 4.74 Å². The van der Waals surface area contributed by atoms with Crippen LogP contribution in [0.3, 0.4) is 0 Å². The van der Waals surface area contributed by atoms with Crippen molar-refractivity contribution in [2.24, 2.45) is 11.3 Å². The summed E-state index contributed by atoms with van der Waals surface area (Å²) in [6, 6.07) is 3.59. The van der Waals surface area contributed by atoms with Gasteiger partial charge in [0, 0.05) is 0 Å². The normalized spacial score (nSPS) is 14.0. The summed E-state index contributed by atoms with van der Waals surface area (Å²) in [5.74, 6) is -1.46. The fourth-order valence-corrected chi connectivity index (χ4v) is 1.01. The van der Waals surface area contributed by atoms with Crippen LogP contribution in [0.15, 0.2) is 0 Å². The highest BCUT2D eigenvalue weighted by Crippen LogP contribution is 2.31. The molecule has 0 N–H and O–H groups in total. The first kappa shape index (κ1) is 11.4. The Balaban J connectivity index is 4.96. The molecule has 70 valence electrons. The molecule has 0 radical (unpaired) electrons. The highest BCUT2D eigenvalue weighted by atomic mass is 16.5. The van der Waals surface area contributed by atoms with Gasteiger partial charge in [-0.05, 0) is 13.3 Å². The van der Waals surface area contributed by atoms with Crippen molar-refractivity contribution in [1.82, 2.24) is 0 Å². The third kappa shape index (κ3) is 1.97. The molecular formula is C9H12N2O2. The predicted molar refractivity (Wildman–Crippen MR) is 45.1 cm³/mol. The highest BCUT2D eigenvalue weighted by Gasteiger charge is 2.41. The summed E-state index contributed by atoms with van der Waals surface area (Å²) in [4.78, 5) is 11.3. The summed E-state index contributed by atoms with van der Waals surface area (Å²) in [6.45, 7) is 3.31. The van der Waals surface area contributed by atoms with Crippen molar-refractivity contribution < 1.29 is 9.53 Å². The van der Waals surface area contributed by atoms with Crippen molar-refractivity contribution in [2.75, 3.05) is 7.11 Å². The van der Waals surface area contributed by atoms with Gasteiger partial charge in [0.25, 0.3) is 0 Å². The van der Waals surface area contributed by atoms with E-state index in [0.29, 0.717) is 6.42 Å². The lowest BCUT2D eigenvalue weighted by Crippen LogP contribution is -2.35. The minimum atomic E-state index is -1.02. The van der Waals surface area contributed by atoms with Crippen LogP contribution in [0.1, 0.15) is 20.3 Å². The first-order valence-electron chi connectivity index (χ1n) is 3.94. The van der Waals surface area contributed by atoms with Crippen molar-refractivity contribution >= 4 is 5.97 Å². The van der Waals surface area contributed by atoms with Gasteiger partial charge in [0.1, 0.15) is 5.92 Å². The van der Waals surface area contributed by atoms with E-state index in [1.54, 1.807) is 26.0 Å². The molecule has 0 saturated heterocycles. The van der Waals surface area contributed by atoms with Gasteiger partial charge in [-0.25, -0.2) is 0 Å². The molecule has 4 nitrogen and oxygen atoms in total. The van der Waals surface area contributed by atoms with E-state index in [1.165, 1.54) is 7.11 Å². The molecule has 1 unspecified atom stereocenters. The predicted octanol–water partition coefficient (Wildman–Crippen LogP) is 1.24. The van der Waals surface area contributed by atoms with Crippen LogP contribution in [-0.4, -0.2) is 13.1 Å². The molecule has 0 heterocycles. The summed E-state index contributed by atoms with van der Waals surface area (Å²) in [6.07, 6.45) is 0.408. The summed E-state index contributed by atoms with van der Waals surface area (Å²) < 4.78 is 4.55. The van der Waals surface area contributed by atoms with Crippen molar-refractivity contribution in [3.63, 3.8) is 0 Å². The number of nitriles is 2. The van der Waals surface area contributed by atoms with Crippen molar-refractivity contribution in [2.45, 2.75) is 20.3 Å². The van der Waals surface area contributed by atoms with Crippen LogP contribution in [-0.2, 0) is 9.53 Å². The summed E-state index contributed by atoms with van der Waals surface area (Å²) in [7, 11) is 1.25. The molecule has 0 amide bonds. The molecule has 0 aliphatic heterocycles. The van der Waals surface area contributed by atoms with E-state index < -0.39 is 17.3 Å². The van der Waals surface area contributed by atoms with Gasteiger partial charge in [0.05, 0.1) is 24.7 Å². The Bertz CT molecular complexity index is 260. The number of rotatable bonds is 3. The number of hydrogen-bond acceptors (Lipinski definition) is 4. The maximum absolute atomic E-state index is 11.3. The van der Waals surface area contributed by atoms with Gasteiger partial charge in [0.15, 0.2) is 0 Å². The smallest absolute Gasteiger partial charge is 0.313 e. The minimum absolute atomic E-state index is 0.408. The van der Waals surface area contributed by atoms with Crippen molar-refractivity contribution in [1.29, 1.82) is 10.5 Å². The Labute approximate surface area is 77.7 Å². The lowest BCUT2D eigenvalue weighted by Gasteiger charge is -2.25. The van der Waals surface area contributed by atoms with E-state index in [0.717, 1.165) is 0 Å². The third-order valence-electron chi connectivity index (χ3n) is 2.28. The Kier molecular flexibility index (Phi) is 3.94. The molecule has 0 aliphatic rings. The topological polar surface area (TPSA) is 73.9 Å². The van der Waals surface area contributed by atoms with Crippen molar-refractivity contribution in [3.05, 3.63) is 0 Å². The molecule has 0 spiro atoms. The zero-order valence-electron chi connectivity index (χ0n) is 8.00. The summed E-state index contributed by atoms with van der Waals surface area (Å²) in [5.41, 5.74) is -1.02. The quantitative estimate of drug-likeness (QED) is 0.612. The average Bonchev–Trinajstić information content (AvgIpc) is 2.17. The number of hydrogen-bond donors (Lipinski definition) is 0. The first-order valence-corrected chi connectivity index (χ1v) is 3.94. The van der Waals surface area contributed by atoms with Crippen LogP contribution in [0.2, 0.25) is 0 Å². The number of carbonyl (C=O) groups is 1. The lowest BCUT2D eigenvalue weighted by molar-refractivity contribution is -0.153. The standard InChI is InChI=1S/C9H12N2O2/c1-4-9(2,8(12)13-3)7(5-10)6-11/h7H,4H2,1-3H3. The fourth-order valence-electron chi connectivity index (χ4n) is 1.01. The second-order valence-electron chi connectivity index (χ2n) is 2.95. The van der Waals surface area contributed by atoms with Gasteiger partial charge in [-0.2, -0.15) is 10.5 Å².